The van der Waals surface area contributed by atoms with E-state index < -0.39 is 34.8 Å². The number of nitro benzene ring substituents is 1. The highest BCUT2D eigenvalue weighted by atomic mass is 32.2. The van der Waals surface area contributed by atoms with Crippen LogP contribution < -0.4 is 0 Å². The predicted molar refractivity (Wildman–Crippen MR) is 189 cm³/mol. The number of benzene rings is 5. The van der Waals surface area contributed by atoms with E-state index in [4.69, 9.17) is 23.7 Å². The molecule has 0 unspecified atom stereocenters. The van der Waals surface area contributed by atoms with Crippen molar-refractivity contribution < 1.29 is 28.6 Å². The van der Waals surface area contributed by atoms with Gasteiger partial charge in [-0.1, -0.05) is 133 Å². The van der Waals surface area contributed by atoms with E-state index in [1.807, 2.05) is 121 Å². The van der Waals surface area contributed by atoms with Crippen molar-refractivity contribution >= 4 is 17.4 Å². The Hall–Kier alpha value is -4.35. The van der Waals surface area contributed by atoms with Crippen molar-refractivity contribution in [2.75, 3.05) is 6.61 Å². The highest BCUT2D eigenvalue weighted by Crippen LogP contribution is 2.39. The number of non-ortho nitro benzene ring substituents is 1. The average Bonchev–Trinajstić information content (AvgIpc) is 3.15. The first kappa shape index (κ1) is 34.5. The fourth-order valence-electron chi connectivity index (χ4n) is 5.62. The van der Waals surface area contributed by atoms with Crippen LogP contribution in [0.25, 0.3) is 0 Å². The average molecular weight is 678 g/mol. The molecule has 0 bridgehead atoms. The van der Waals surface area contributed by atoms with Crippen molar-refractivity contribution in [3.05, 3.63) is 178 Å². The quantitative estimate of drug-likeness (QED) is 0.0760. The number of hydrogen-bond donors (Lipinski definition) is 0. The first-order chi connectivity index (χ1) is 24.1. The van der Waals surface area contributed by atoms with Crippen molar-refractivity contribution in [1.82, 2.24) is 0 Å². The van der Waals surface area contributed by atoms with Crippen molar-refractivity contribution in [3.63, 3.8) is 0 Å². The number of ether oxygens (including phenoxy) is 5. The molecule has 9 heteroatoms. The molecule has 0 spiro atoms. The first-order valence-electron chi connectivity index (χ1n) is 16.3. The topological polar surface area (TPSA) is 89.3 Å². The Kier molecular flexibility index (Phi) is 12.6. The van der Waals surface area contributed by atoms with E-state index in [0.717, 1.165) is 27.1 Å². The van der Waals surface area contributed by atoms with Crippen molar-refractivity contribution in [1.29, 1.82) is 0 Å². The molecular formula is C40H39NO7S. The monoisotopic (exact) mass is 677 g/mol. The van der Waals surface area contributed by atoms with Gasteiger partial charge in [0.15, 0.2) is 0 Å². The summed E-state index contributed by atoms with van der Waals surface area (Å²) in [6.45, 7) is 1.69. The van der Waals surface area contributed by atoms with Crippen LogP contribution in [0.1, 0.15) is 22.3 Å². The summed E-state index contributed by atoms with van der Waals surface area (Å²) in [5.74, 6) is 0. The molecule has 0 radical (unpaired) electrons. The Morgan fingerprint density at radius 1 is 0.551 bits per heavy atom. The van der Waals surface area contributed by atoms with Gasteiger partial charge in [0, 0.05) is 17.0 Å². The SMILES string of the molecule is O=[N+]([O-])c1ccc(S[C@H]2O[C@H](COCc3ccccc3)[C@@H](OCc3ccccc3)[C@H](OCc3ccccc3)[C@@H]2OCc2ccccc2)cc1. The fourth-order valence-corrected chi connectivity index (χ4v) is 6.75. The van der Waals surface area contributed by atoms with E-state index in [9.17, 15) is 10.1 Å². The molecule has 1 saturated heterocycles. The Labute approximate surface area is 291 Å². The lowest BCUT2D eigenvalue weighted by molar-refractivity contribution is -0.384. The lowest BCUT2D eigenvalue weighted by atomic mass is 9.98. The van der Waals surface area contributed by atoms with Crippen molar-refractivity contribution in [2.45, 2.75) is 61.2 Å². The molecule has 5 aromatic carbocycles. The molecular weight excluding hydrogens is 639 g/mol. The predicted octanol–water partition coefficient (Wildman–Crippen LogP) is 8.38. The van der Waals surface area contributed by atoms with Gasteiger partial charge in [-0.05, 0) is 34.4 Å². The molecule has 0 amide bonds. The molecule has 0 N–H and O–H groups in total. The molecule has 6 rings (SSSR count). The number of thioether (sulfide) groups is 1. The van der Waals surface area contributed by atoms with Gasteiger partial charge < -0.3 is 23.7 Å². The summed E-state index contributed by atoms with van der Waals surface area (Å²) in [6, 6.07) is 46.5. The van der Waals surface area contributed by atoms with Crippen LogP contribution in [-0.2, 0) is 50.1 Å². The normalized spacial score (nSPS) is 20.5. The Morgan fingerprint density at radius 2 is 0.980 bits per heavy atom. The lowest BCUT2D eigenvalue weighted by Crippen LogP contribution is -2.60. The molecule has 0 saturated carbocycles. The Bertz CT molecular complexity index is 1700. The highest BCUT2D eigenvalue weighted by Gasteiger charge is 2.49. The molecule has 5 aromatic rings. The summed E-state index contributed by atoms with van der Waals surface area (Å²) in [5.41, 5.74) is 3.59. The maximum absolute atomic E-state index is 11.4. The zero-order valence-electron chi connectivity index (χ0n) is 27.0. The van der Waals surface area contributed by atoms with E-state index in [-0.39, 0.29) is 12.3 Å². The third kappa shape index (κ3) is 10.1. The summed E-state index contributed by atoms with van der Waals surface area (Å²) in [6.07, 6.45) is -2.19. The molecule has 1 heterocycles. The number of nitrogens with zero attached hydrogens (tertiary/aromatic N) is 1. The second-order valence-electron chi connectivity index (χ2n) is 11.7. The summed E-state index contributed by atoms with van der Waals surface area (Å²) < 4.78 is 33.4. The van der Waals surface area contributed by atoms with Gasteiger partial charge in [0.1, 0.15) is 29.9 Å². The van der Waals surface area contributed by atoms with Crippen LogP contribution in [0.2, 0.25) is 0 Å². The second kappa shape index (κ2) is 17.9. The summed E-state index contributed by atoms with van der Waals surface area (Å²) in [4.78, 5) is 11.8. The van der Waals surface area contributed by atoms with Gasteiger partial charge >= 0.3 is 0 Å². The second-order valence-corrected chi connectivity index (χ2v) is 12.9. The minimum absolute atomic E-state index is 0.0245. The van der Waals surface area contributed by atoms with Crippen molar-refractivity contribution in [2.24, 2.45) is 0 Å². The van der Waals surface area contributed by atoms with E-state index in [2.05, 4.69) is 0 Å². The van der Waals surface area contributed by atoms with Gasteiger partial charge in [-0.2, -0.15) is 0 Å². The molecule has 8 nitrogen and oxygen atoms in total. The Morgan fingerprint density at radius 3 is 1.45 bits per heavy atom. The number of rotatable bonds is 16. The molecule has 0 aromatic heterocycles. The highest BCUT2D eigenvalue weighted by molar-refractivity contribution is 7.99. The van der Waals surface area contributed by atoms with Crippen LogP contribution in [0.4, 0.5) is 5.69 Å². The fraction of sp³-hybridized carbons (Fsp3) is 0.250. The maximum Gasteiger partial charge on any atom is 0.269 e. The van der Waals surface area contributed by atoms with Crippen LogP contribution in [-0.4, -0.2) is 41.4 Å². The van der Waals surface area contributed by atoms with Gasteiger partial charge in [0.25, 0.3) is 5.69 Å². The van der Waals surface area contributed by atoms with Gasteiger partial charge in [-0.3, -0.25) is 10.1 Å². The van der Waals surface area contributed by atoms with Gasteiger partial charge in [-0.25, -0.2) is 0 Å². The lowest BCUT2D eigenvalue weighted by Gasteiger charge is -2.46. The maximum atomic E-state index is 11.4. The van der Waals surface area contributed by atoms with E-state index >= 15 is 0 Å². The smallest absolute Gasteiger partial charge is 0.269 e. The van der Waals surface area contributed by atoms with Crippen molar-refractivity contribution in [3.8, 4) is 0 Å². The third-order valence-electron chi connectivity index (χ3n) is 8.14. The van der Waals surface area contributed by atoms with Gasteiger partial charge in [0.05, 0.1) is 38.0 Å². The summed E-state index contributed by atoms with van der Waals surface area (Å²) >= 11 is 1.44. The van der Waals surface area contributed by atoms with Crippen LogP contribution in [0, 0.1) is 10.1 Å². The molecule has 5 atom stereocenters. The first-order valence-corrected chi connectivity index (χ1v) is 17.2. The number of nitro groups is 1. The summed E-state index contributed by atoms with van der Waals surface area (Å²) in [5, 5.41) is 11.4. The molecule has 252 valence electrons. The third-order valence-corrected chi connectivity index (χ3v) is 9.30. The molecule has 49 heavy (non-hydrogen) atoms. The van der Waals surface area contributed by atoms with Crippen LogP contribution in [0.3, 0.4) is 0 Å². The van der Waals surface area contributed by atoms with E-state index in [1.54, 1.807) is 12.1 Å². The van der Waals surface area contributed by atoms with E-state index in [0.29, 0.717) is 26.4 Å². The molecule has 1 aliphatic rings. The zero-order chi connectivity index (χ0) is 33.7. The molecule has 1 fully saturated rings. The number of hydrogen-bond acceptors (Lipinski definition) is 8. The van der Waals surface area contributed by atoms with Gasteiger partial charge in [0.2, 0.25) is 0 Å². The van der Waals surface area contributed by atoms with Crippen LogP contribution >= 0.6 is 11.8 Å². The van der Waals surface area contributed by atoms with Crippen LogP contribution in [0.15, 0.2) is 150 Å². The Balaban J connectivity index is 1.32. The minimum atomic E-state index is -0.574. The van der Waals surface area contributed by atoms with Crippen LogP contribution in [0.5, 0.6) is 0 Å². The standard InChI is InChI=1S/C40H39NO7S/c42-41(43)34-21-23-35(24-22-34)49-40-39(47-28-33-19-11-4-12-20-33)38(46-27-32-17-9-3-10-18-32)37(45-26-31-15-7-2-8-16-31)36(48-40)29-44-25-30-13-5-1-6-14-30/h1-24,36-40H,25-29H2/t36-,37-,38+,39+,40-/m1/s1. The van der Waals surface area contributed by atoms with E-state index in [1.165, 1.54) is 23.9 Å². The largest absolute Gasteiger partial charge is 0.374 e. The van der Waals surface area contributed by atoms with Gasteiger partial charge in [-0.15, -0.1) is 0 Å². The molecule has 1 aliphatic heterocycles. The zero-order valence-corrected chi connectivity index (χ0v) is 27.8. The molecule has 0 aliphatic carbocycles. The minimum Gasteiger partial charge on any atom is -0.374 e. The summed E-state index contributed by atoms with van der Waals surface area (Å²) in [7, 11) is 0.